The van der Waals surface area contributed by atoms with Gasteiger partial charge in [-0.15, -0.1) is 0 Å². The molecule has 0 aliphatic carbocycles. The smallest absolute Gasteiger partial charge is 0.238 e. The molecule has 1 atom stereocenters. The van der Waals surface area contributed by atoms with Gasteiger partial charge in [-0.2, -0.15) is 0 Å². The van der Waals surface area contributed by atoms with E-state index in [9.17, 15) is 9.59 Å². The number of rotatable bonds is 7. The number of carbonyl (C=O) groups excluding carboxylic acids is 2. The minimum Gasteiger partial charge on any atom is -0.338 e. The van der Waals surface area contributed by atoms with Crippen molar-refractivity contribution < 1.29 is 9.59 Å². The minimum absolute atomic E-state index is 0.0153. The molecule has 1 N–H and O–H groups in total. The number of nitrogens with one attached hydrogen (secondary N) is 1. The van der Waals surface area contributed by atoms with Gasteiger partial charge >= 0.3 is 0 Å². The first kappa shape index (κ1) is 19.7. The Morgan fingerprint density at radius 1 is 0.962 bits per heavy atom. The van der Waals surface area contributed by atoms with E-state index in [1.54, 1.807) is 23.9 Å². The molecule has 2 amide bonds. The molecule has 2 aromatic rings. The van der Waals surface area contributed by atoms with Crippen molar-refractivity contribution in [3.05, 3.63) is 65.7 Å². The fourth-order valence-corrected chi connectivity index (χ4v) is 2.65. The Morgan fingerprint density at radius 2 is 1.58 bits per heavy atom. The van der Waals surface area contributed by atoms with Gasteiger partial charge in [0.2, 0.25) is 11.8 Å². The van der Waals surface area contributed by atoms with Crippen molar-refractivity contribution >= 4 is 17.5 Å². The van der Waals surface area contributed by atoms with Crippen LogP contribution in [0.2, 0.25) is 0 Å². The van der Waals surface area contributed by atoms with Crippen molar-refractivity contribution in [1.82, 2.24) is 9.80 Å². The number of likely N-dealkylation sites (N-methyl/N-ethyl adjacent to an activating group) is 2. The van der Waals surface area contributed by atoms with Gasteiger partial charge in [0.05, 0.1) is 19.1 Å². The predicted molar refractivity (Wildman–Crippen MR) is 105 cm³/mol. The highest BCUT2D eigenvalue weighted by molar-refractivity contribution is 5.92. The van der Waals surface area contributed by atoms with Gasteiger partial charge in [0.15, 0.2) is 0 Å². The number of hydrogen-bond donors (Lipinski definition) is 1. The summed E-state index contributed by atoms with van der Waals surface area (Å²) < 4.78 is 0. The van der Waals surface area contributed by atoms with Crippen molar-refractivity contribution in [3.8, 4) is 0 Å². The van der Waals surface area contributed by atoms with E-state index in [1.165, 1.54) is 0 Å². The molecule has 0 aromatic heterocycles. The molecule has 0 aliphatic rings. The average Bonchev–Trinajstić information content (AvgIpc) is 2.62. The molecule has 2 rings (SSSR count). The number of anilines is 1. The Morgan fingerprint density at radius 3 is 2.19 bits per heavy atom. The van der Waals surface area contributed by atoms with E-state index < -0.39 is 0 Å². The average molecular weight is 353 g/mol. The number of benzene rings is 2. The van der Waals surface area contributed by atoms with Gasteiger partial charge in [-0.25, -0.2) is 0 Å². The summed E-state index contributed by atoms with van der Waals surface area (Å²) in [6.45, 7) is 4.34. The summed E-state index contributed by atoms with van der Waals surface area (Å²) in [6.07, 6.45) is 0. The number of amides is 2. The molecule has 5 heteroatoms. The van der Waals surface area contributed by atoms with Crippen LogP contribution in [-0.2, 0) is 9.59 Å². The molecule has 0 unspecified atom stereocenters. The quantitative estimate of drug-likeness (QED) is 0.832. The van der Waals surface area contributed by atoms with E-state index in [4.69, 9.17) is 0 Å². The van der Waals surface area contributed by atoms with Crippen molar-refractivity contribution in [2.24, 2.45) is 0 Å². The van der Waals surface area contributed by atoms with Crippen molar-refractivity contribution in [3.63, 3.8) is 0 Å². The summed E-state index contributed by atoms with van der Waals surface area (Å²) in [5.41, 5.74) is 2.99. The second kappa shape index (κ2) is 9.15. The van der Waals surface area contributed by atoms with Crippen LogP contribution in [0.15, 0.2) is 54.6 Å². The third-order valence-electron chi connectivity index (χ3n) is 4.41. The van der Waals surface area contributed by atoms with Gasteiger partial charge in [-0.1, -0.05) is 48.0 Å². The van der Waals surface area contributed by atoms with Crippen molar-refractivity contribution in [1.29, 1.82) is 0 Å². The predicted octanol–water partition coefficient (Wildman–Crippen LogP) is 3.08. The number of aryl methyl sites for hydroxylation is 1. The first-order valence-electron chi connectivity index (χ1n) is 8.72. The van der Waals surface area contributed by atoms with E-state index in [1.807, 2.05) is 68.4 Å². The van der Waals surface area contributed by atoms with Crippen LogP contribution < -0.4 is 5.32 Å². The van der Waals surface area contributed by atoms with E-state index >= 15 is 0 Å². The van der Waals surface area contributed by atoms with E-state index in [2.05, 4.69) is 5.32 Å². The van der Waals surface area contributed by atoms with Gasteiger partial charge in [-0.3, -0.25) is 14.5 Å². The lowest BCUT2D eigenvalue weighted by atomic mass is 10.1. The SMILES string of the molecule is Cc1ccc(NC(=O)CN(C)CC(=O)N(C)[C@H](C)c2ccccc2)cc1. The third-order valence-corrected chi connectivity index (χ3v) is 4.41. The zero-order chi connectivity index (χ0) is 19.1. The number of hydrogen-bond acceptors (Lipinski definition) is 3. The van der Waals surface area contributed by atoms with Gasteiger partial charge < -0.3 is 10.2 Å². The Hall–Kier alpha value is -2.66. The molecule has 0 radical (unpaired) electrons. The highest BCUT2D eigenvalue weighted by Gasteiger charge is 2.19. The van der Waals surface area contributed by atoms with Crippen LogP contribution in [0.25, 0.3) is 0 Å². The van der Waals surface area contributed by atoms with E-state index in [0.717, 1.165) is 16.8 Å². The molecule has 2 aromatic carbocycles. The molecular formula is C21H27N3O2. The summed E-state index contributed by atoms with van der Waals surface area (Å²) in [6, 6.07) is 17.5. The maximum absolute atomic E-state index is 12.5. The Bertz CT molecular complexity index is 729. The molecule has 0 bridgehead atoms. The van der Waals surface area contributed by atoms with Gasteiger partial charge in [0.25, 0.3) is 0 Å². The molecule has 26 heavy (non-hydrogen) atoms. The lowest BCUT2D eigenvalue weighted by Gasteiger charge is -2.27. The van der Waals surface area contributed by atoms with Crippen molar-refractivity contribution in [2.75, 3.05) is 32.5 Å². The first-order chi connectivity index (χ1) is 12.4. The van der Waals surface area contributed by atoms with Crippen LogP contribution in [0.1, 0.15) is 24.1 Å². The zero-order valence-electron chi connectivity index (χ0n) is 15.9. The molecule has 0 saturated heterocycles. The highest BCUT2D eigenvalue weighted by atomic mass is 16.2. The van der Waals surface area contributed by atoms with Crippen LogP contribution in [0.5, 0.6) is 0 Å². The monoisotopic (exact) mass is 353 g/mol. The molecule has 0 heterocycles. The molecule has 5 nitrogen and oxygen atoms in total. The Labute approximate surface area is 155 Å². The topological polar surface area (TPSA) is 52.7 Å². The Kier molecular flexibility index (Phi) is 6.92. The van der Waals surface area contributed by atoms with Crippen LogP contribution >= 0.6 is 0 Å². The van der Waals surface area contributed by atoms with Gasteiger partial charge in [-0.05, 0) is 38.6 Å². The lowest BCUT2D eigenvalue weighted by Crippen LogP contribution is -2.40. The number of nitrogens with zero attached hydrogens (tertiary/aromatic N) is 2. The van der Waals surface area contributed by atoms with Crippen LogP contribution in [0.3, 0.4) is 0 Å². The summed E-state index contributed by atoms with van der Waals surface area (Å²) in [5.74, 6) is -0.157. The maximum atomic E-state index is 12.5. The van der Waals surface area contributed by atoms with Crippen LogP contribution in [-0.4, -0.2) is 48.8 Å². The standard InChI is InChI=1S/C21H27N3O2/c1-16-10-12-19(13-11-16)22-20(25)14-23(3)15-21(26)24(4)17(2)18-8-6-5-7-9-18/h5-13,17H,14-15H2,1-4H3,(H,22,25)/t17-/m1/s1. The molecule has 0 saturated carbocycles. The second-order valence-corrected chi connectivity index (χ2v) is 6.68. The second-order valence-electron chi connectivity index (χ2n) is 6.68. The molecule has 0 fully saturated rings. The van der Waals surface area contributed by atoms with Crippen molar-refractivity contribution in [2.45, 2.75) is 19.9 Å². The number of carbonyl (C=O) groups is 2. The third kappa shape index (κ3) is 5.70. The van der Waals surface area contributed by atoms with E-state index in [-0.39, 0.29) is 30.9 Å². The van der Waals surface area contributed by atoms with E-state index in [0.29, 0.717) is 0 Å². The van der Waals surface area contributed by atoms with Gasteiger partial charge in [0.1, 0.15) is 0 Å². The highest BCUT2D eigenvalue weighted by Crippen LogP contribution is 2.18. The fraction of sp³-hybridized carbons (Fsp3) is 0.333. The van der Waals surface area contributed by atoms with Gasteiger partial charge in [0, 0.05) is 12.7 Å². The maximum Gasteiger partial charge on any atom is 0.238 e. The van der Waals surface area contributed by atoms with Crippen LogP contribution in [0.4, 0.5) is 5.69 Å². The Balaban J connectivity index is 1.84. The molecule has 0 aliphatic heterocycles. The summed E-state index contributed by atoms with van der Waals surface area (Å²) in [4.78, 5) is 28.1. The molecule has 138 valence electrons. The zero-order valence-corrected chi connectivity index (χ0v) is 15.9. The fourth-order valence-electron chi connectivity index (χ4n) is 2.65. The largest absolute Gasteiger partial charge is 0.338 e. The summed E-state index contributed by atoms with van der Waals surface area (Å²) in [5, 5.41) is 2.85. The summed E-state index contributed by atoms with van der Waals surface area (Å²) >= 11 is 0. The minimum atomic E-state index is -0.136. The normalized spacial score (nSPS) is 11.9. The first-order valence-corrected chi connectivity index (χ1v) is 8.72. The van der Waals surface area contributed by atoms with Crippen LogP contribution in [0, 0.1) is 6.92 Å². The summed E-state index contributed by atoms with van der Waals surface area (Å²) in [7, 11) is 3.56. The molecule has 0 spiro atoms. The lowest BCUT2D eigenvalue weighted by molar-refractivity contribution is -0.133. The molecular weight excluding hydrogens is 326 g/mol.